The molecule has 1 saturated heterocycles. The summed E-state index contributed by atoms with van der Waals surface area (Å²) in [5.74, 6) is 0.535. The standard InChI is InChI=1S/C23H32N4O2S/c1-16-8-7-9-17(2)27(16)22(29)15-30-23-25-19-12-5-6-13-20(19)26(23)14-21(28)24-18-10-3-4-11-18/h5-6,12-13,16-18H,3-4,7-11,14-15H2,1-2H3,(H,24,28)/t16-,17-/m1/s1. The van der Waals surface area contributed by atoms with Gasteiger partial charge in [0.1, 0.15) is 6.54 Å². The van der Waals surface area contributed by atoms with Crippen molar-refractivity contribution >= 4 is 34.6 Å². The molecule has 0 unspecified atom stereocenters. The van der Waals surface area contributed by atoms with Crippen molar-refractivity contribution < 1.29 is 9.59 Å². The molecule has 1 aliphatic carbocycles. The van der Waals surface area contributed by atoms with Gasteiger partial charge in [0.25, 0.3) is 0 Å². The van der Waals surface area contributed by atoms with E-state index in [2.05, 4.69) is 19.2 Å². The van der Waals surface area contributed by atoms with Crippen LogP contribution in [0.25, 0.3) is 11.0 Å². The van der Waals surface area contributed by atoms with E-state index < -0.39 is 0 Å². The van der Waals surface area contributed by atoms with Crippen LogP contribution in [0.5, 0.6) is 0 Å². The van der Waals surface area contributed by atoms with Gasteiger partial charge in [0.05, 0.1) is 16.8 Å². The maximum Gasteiger partial charge on any atom is 0.240 e. The van der Waals surface area contributed by atoms with Gasteiger partial charge in [-0.3, -0.25) is 9.59 Å². The number of carbonyl (C=O) groups is 2. The molecule has 2 aromatic rings. The van der Waals surface area contributed by atoms with Crippen LogP contribution < -0.4 is 5.32 Å². The van der Waals surface area contributed by atoms with Crippen molar-refractivity contribution in [2.45, 2.75) is 88.6 Å². The second kappa shape index (κ2) is 9.41. The van der Waals surface area contributed by atoms with Crippen LogP contribution in [0.4, 0.5) is 0 Å². The van der Waals surface area contributed by atoms with E-state index in [4.69, 9.17) is 4.98 Å². The minimum atomic E-state index is 0.0245. The first-order valence-electron chi connectivity index (χ1n) is 11.2. The lowest BCUT2D eigenvalue weighted by molar-refractivity contribution is -0.134. The lowest BCUT2D eigenvalue weighted by Gasteiger charge is -2.39. The highest BCUT2D eigenvalue weighted by Crippen LogP contribution is 2.27. The second-order valence-corrected chi connectivity index (χ2v) is 9.68. The summed E-state index contributed by atoms with van der Waals surface area (Å²) in [5.41, 5.74) is 1.80. The molecule has 2 fully saturated rings. The van der Waals surface area contributed by atoms with E-state index in [-0.39, 0.29) is 30.4 Å². The number of hydrogen-bond donors (Lipinski definition) is 1. The Kier molecular flexibility index (Phi) is 6.66. The number of fused-ring (bicyclic) bond motifs is 1. The van der Waals surface area contributed by atoms with Gasteiger partial charge in [0.2, 0.25) is 11.8 Å². The number of para-hydroxylation sites is 2. The Hall–Kier alpha value is -2.02. The number of thioether (sulfide) groups is 1. The smallest absolute Gasteiger partial charge is 0.240 e. The highest BCUT2D eigenvalue weighted by atomic mass is 32.2. The van der Waals surface area contributed by atoms with Crippen LogP contribution in [-0.4, -0.2) is 50.1 Å². The molecule has 162 valence electrons. The summed E-state index contributed by atoms with van der Waals surface area (Å²) >= 11 is 1.44. The molecular formula is C23H32N4O2S. The molecule has 2 aliphatic rings. The number of carbonyl (C=O) groups excluding carboxylic acids is 2. The number of hydrogen-bond acceptors (Lipinski definition) is 4. The molecule has 1 N–H and O–H groups in total. The minimum Gasteiger partial charge on any atom is -0.352 e. The first kappa shape index (κ1) is 21.2. The lowest BCUT2D eigenvalue weighted by atomic mass is 9.98. The molecule has 4 rings (SSSR count). The van der Waals surface area contributed by atoms with Crippen molar-refractivity contribution in [1.82, 2.24) is 19.8 Å². The maximum atomic E-state index is 13.0. The molecule has 2 amide bonds. The first-order chi connectivity index (χ1) is 14.5. The second-order valence-electron chi connectivity index (χ2n) is 8.74. The average molecular weight is 429 g/mol. The number of likely N-dealkylation sites (tertiary alicyclic amines) is 1. The van der Waals surface area contributed by atoms with Gasteiger partial charge in [-0.25, -0.2) is 4.98 Å². The Morgan fingerprint density at radius 1 is 1.07 bits per heavy atom. The Bertz CT molecular complexity index is 896. The van der Waals surface area contributed by atoms with E-state index >= 15 is 0 Å². The predicted octanol–water partition coefficient (Wildman–Crippen LogP) is 3.98. The van der Waals surface area contributed by atoms with Crippen molar-refractivity contribution in [1.29, 1.82) is 0 Å². The van der Waals surface area contributed by atoms with E-state index in [9.17, 15) is 9.59 Å². The van der Waals surface area contributed by atoms with Crippen LogP contribution in [0.3, 0.4) is 0 Å². The molecule has 2 atom stereocenters. The molecule has 7 heteroatoms. The highest BCUT2D eigenvalue weighted by Gasteiger charge is 2.29. The van der Waals surface area contributed by atoms with Crippen molar-refractivity contribution in [2.24, 2.45) is 0 Å². The Morgan fingerprint density at radius 2 is 1.77 bits per heavy atom. The van der Waals surface area contributed by atoms with Crippen molar-refractivity contribution in [3.8, 4) is 0 Å². The molecule has 1 saturated carbocycles. The number of nitrogens with zero attached hydrogens (tertiary/aromatic N) is 3. The van der Waals surface area contributed by atoms with Gasteiger partial charge in [-0.1, -0.05) is 36.7 Å². The largest absolute Gasteiger partial charge is 0.352 e. The minimum absolute atomic E-state index is 0.0245. The lowest BCUT2D eigenvalue weighted by Crippen LogP contribution is -2.48. The molecular weight excluding hydrogens is 396 g/mol. The molecule has 2 heterocycles. The van der Waals surface area contributed by atoms with Gasteiger partial charge in [0, 0.05) is 18.1 Å². The summed E-state index contributed by atoms with van der Waals surface area (Å²) in [7, 11) is 0. The summed E-state index contributed by atoms with van der Waals surface area (Å²) in [4.78, 5) is 32.4. The van der Waals surface area contributed by atoms with Gasteiger partial charge in [-0.2, -0.15) is 0 Å². The number of aromatic nitrogens is 2. The maximum absolute atomic E-state index is 13.0. The fraction of sp³-hybridized carbons (Fsp3) is 0.609. The number of amides is 2. The monoisotopic (exact) mass is 428 g/mol. The summed E-state index contributed by atoms with van der Waals surface area (Å²) in [6, 6.07) is 8.75. The summed E-state index contributed by atoms with van der Waals surface area (Å²) in [5, 5.41) is 3.90. The van der Waals surface area contributed by atoms with Crippen LogP contribution in [-0.2, 0) is 16.1 Å². The first-order valence-corrected chi connectivity index (χ1v) is 12.2. The van der Waals surface area contributed by atoms with E-state index in [0.717, 1.165) is 41.9 Å². The van der Waals surface area contributed by atoms with Crippen LogP contribution in [0.1, 0.15) is 58.8 Å². The third-order valence-electron chi connectivity index (χ3n) is 6.45. The third kappa shape index (κ3) is 4.66. The van der Waals surface area contributed by atoms with Crippen molar-refractivity contribution in [3.05, 3.63) is 24.3 Å². The van der Waals surface area contributed by atoms with Gasteiger partial charge in [0.15, 0.2) is 5.16 Å². The van der Waals surface area contributed by atoms with Crippen LogP contribution in [0, 0.1) is 0 Å². The molecule has 1 aromatic heterocycles. The predicted molar refractivity (Wildman–Crippen MR) is 120 cm³/mol. The summed E-state index contributed by atoms with van der Waals surface area (Å²) in [6.07, 6.45) is 7.84. The van der Waals surface area contributed by atoms with Crippen LogP contribution in [0.2, 0.25) is 0 Å². The Balaban J connectivity index is 1.48. The van der Waals surface area contributed by atoms with Gasteiger partial charge >= 0.3 is 0 Å². The molecule has 0 bridgehead atoms. The van der Waals surface area contributed by atoms with Gasteiger partial charge in [-0.05, 0) is 58.1 Å². The van der Waals surface area contributed by atoms with E-state index in [1.54, 1.807) is 0 Å². The zero-order valence-corrected chi connectivity index (χ0v) is 18.8. The SMILES string of the molecule is C[C@@H]1CCC[C@@H](C)N1C(=O)CSc1nc2ccccc2n1CC(=O)NC1CCCC1. The number of piperidine rings is 1. The topological polar surface area (TPSA) is 67.2 Å². The fourth-order valence-corrected chi connectivity index (χ4v) is 5.80. The van der Waals surface area contributed by atoms with E-state index in [1.165, 1.54) is 31.0 Å². The summed E-state index contributed by atoms with van der Waals surface area (Å²) in [6.45, 7) is 4.52. The van der Waals surface area contributed by atoms with Gasteiger partial charge in [-0.15, -0.1) is 0 Å². The molecule has 1 aliphatic heterocycles. The molecule has 6 nitrogen and oxygen atoms in total. The van der Waals surface area contributed by atoms with Crippen LogP contribution >= 0.6 is 11.8 Å². The van der Waals surface area contributed by atoms with Crippen molar-refractivity contribution in [3.63, 3.8) is 0 Å². The Labute approximate surface area is 182 Å². The average Bonchev–Trinajstić information content (AvgIpc) is 3.34. The zero-order chi connectivity index (χ0) is 21.1. The van der Waals surface area contributed by atoms with Crippen molar-refractivity contribution in [2.75, 3.05) is 5.75 Å². The normalized spacial score (nSPS) is 22.5. The molecule has 0 spiro atoms. The quantitative estimate of drug-likeness (QED) is 0.707. The Morgan fingerprint density at radius 3 is 2.50 bits per heavy atom. The molecule has 0 radical (unpaired) electrons. The van der Waals surface area contributed by atoms with Gasteiger partial charge < -0.3 is 14.8 Å². The summed E-state index contributed by atoms with van der Waals surface area (Å²) < 4.78 is 1.96. The fourth-order valence-electron chi connectivity index (χ4n) is 4.92. The van der Waals surface area contributed by atoms with Crippen LogP contribution in [0.15, 0.2) is 29.4 Å². The van der Waals surface area contributed by atoms with E-state index in [0.29, 0.717) is 11.8 Å². The number of rotatable bonds is 6. The number of nitrogens with one attached hydrogen (secondary N) is 1. The molecule has 1 aromatic carbocycles. The number of benzene rings is 1. The molecule has 30 heavy (non-hydrogen) atoms. The highest BCUT2D eigenvalue weighted by molar-refractivity contribution is 7.99. The zero-order valence-electron chi connectivity index (χ0n) is 18.0. The third-order valence-corrected chi connectivity index (χ3v) is 7.41. The van der Waals surface area contributed by atoms with E-state index in [1.807, 2.05) is 33.7 Å². The number of imidazole rings is 1.